The molecule has 7 nitrogen and oxygen atoms in total. The molecule has 3 rings (SSSR count). The van der Waals surface area contributed by atoms with Gasteiger partial charge in [0, 0.05) is 17.3 Å². The van der Waals surface area contributed by atoms with Crippen molar-refractivity contribution in [2.24, 2.45) is 0 Å². The van der Waals surface area contributed by atoms with Crippen LogP contribution in [0.2, 0.25) is 5.02 Å². The van der Waals surface area contributed by atoms with Gasteiger partial charge in [-0.3, -0.25) is 18.7 Å². The largest absolute Gasteiger partial charge is 0.345 e. The minimum Gasteiger partial charge on any atom is -0.345 e. The van der Waals surface area contributed by atoms with Crippen molar-refractivity contribution >= 4 is 40.1 Å². The van der Waals surface area contributed by atoms with Crippen LogP contribution in [0.25, 0.3) is 11.0 Å². The number of carbonyl (C=O) groups excluding carboxylic acids is 2. The van der Waals surface area contributed by atoms with Crippen LogP contribution in [0.3, 0.4) is 0 Å². The van der Waals surface area contributed by atoms with Crippen LogP contribution >= 0.6 is 11.6 Å². The molecule has 0 aliphatic heterocycles. The molecule has 2 N–H and O–H groups in total. The molecule has 1 heterocycles. The number of nitrogens with one attached hydrogen (secondary N) is 2. The highest BCUT2D eigenvalue weighted by molar-refractivity contribution is 6.31. The van der Waals surface area contributed by atoms with Crippen molar-refractivity contribution in [2.45, 2.75) is 33.4 Å². The molecule has 0 saturated carbocycles. The first-order chi connectivity index (χ1) is 13.9. The molecule has 0 radical (unpaired) electrons. The number of halogens is 1. The summed E-state index contributed by atoms with van der Waals surface area (Å²) in [4.78, 5) is 37.2. The number of rotatable bonds is 7. The predicted molar refractivity (Wildman–Crippen MR) is 114 cm³/mol. The van der Waals surface area contributed by atoms with Crippen molar-refractivity contribution in [2.75, 3.05) is 11.9 Å². The Morgan fingerprint density at radius 1 is 1.00 bits per heavy atom. The van der Waals surface area contributed by atoms with Crippen LogP contribution in [0, 0.1) is 6.92 Å². The van der Waals surface area contributed by atoms with Crippen LogP contribution in [0.5, 0.6) is 0 Å². The zero-order valence-electron chi connectivity index (χ0n) is 16.4. The number of benzene rings is 2. The summed E-state index contributed by atoms with van der Waals surface area (Å²) in [5.41, 5.74) is 2.60. The van der Waals surface area contributed by atoms with Crippen molar-refractivity contribution in [3.63, 3.8) is 0 Å². The molecule has 0 unspecified atom stereocenters. The fraction of sp³-hybridized carbons (Fsp3) is 0.286. The van der Waals surface area contributed by atoms with E-state index in [1.807, 2.05) is 31.2 Å². The Bertz CT molecular complexity index is 1120. The lowest BCUT2D eigenvalue weighted by molar-refractivity contribution is -0.124. The Morgan fingerprint density at radius 2 is 1.69 bits per heavy atom. The SMILES string of the molecule is CCCn1c(=O)n(CC(=O)NCC(=O)Nc2cccc(Cl)c2C)c2ccccc21. The molecule has 8 heteroatoms. The van der Waals surface area contributed by atoms with Gasteiger partial charge < -0.3 is 10.6 Å². The normalized spacial score (nSPS) is 10.9. The predicted octanol–water partition coefficient (Wildman–Crippen LogP) is 2.93. The smallest absolute Gasteiger partial charge is 0.329 e. The molecule has 0 aliphatic rings. The number of aromatic nitrogens is 2. The van der Waals surface area contributed by atoms with Gasteiger partial charge in [0.2, 0.25) is 11.8 Å². The molecule has 0 fully saturated rings. The van der Waals surface area contributed by atoms with Gasteiger partial charge in [-0.15, -0.1) is 0 Å². The molecule has 0 spiro atoms. The minimum absolute atomic E-state index is 0.153. The van der Waals surface area contributed by atoms with Gasteiger partial charge in [-0.1, -0.05) is 36.7 Å². The summed E-state index contributed by atoms with van der Waals surface area (Å²) < 4.78 is 3.09. The molecule has 0 atom stereocenters. The molecular weight excluding hydrogens is 392 g/mol. The summed E-state index contributed by atoms with van der Waals surface area (Å²) in [6.07, 6.45) is 0.809. The topological polar surface area (TPSA) is 85.1 Å². The molecule has 152 valence electrons. The van der Waals surface area contributed by atoms with Gasteiger partial charge >= 0.3 is 5.69 Å². The fourth-order valence-electron chi connectivity index (χ4n) is 3.18. The minimum atomic E-state index is -0.413. The highest BCUT2D eigenvalue weighted by Crippen LogP contribution is 2.22. The maximum atomic E-state index is 12.7. The molecule has 2 aromatic carbocycles. The van der Waals surface area contributed by atoms with E-state index in [1.165, 1.54) is 4.57 Å². The van der Waals surface area contributed by atoms with Crippen molar-refractivity contribution in [3.8, 4) is 0 Å². The molecule has 1 aromatic heterocycles. The number of hydrogen-bond donors (Lipinski definition) is 2. The van der Waals surface area contributed by atoms with Crippen LogP contribution < -0.4 is 16.3 Å². The van der Waals surface area contributed by atoms with Gasteiger partial charge in [0.05, 0.1) is 17.6 Å². The van der Waals surface area contributed by atoms with E-state index in [1.54, 1.807) is 29.7 Å². The Kier molecular flexibility index (Phi) is 6.39. The number of hydrogen-bond acceptors (Lipinski definition) is 3. The summed E-state index contributed by atoms with van der Waals surface area (Å²) in [6.45, 7) is 4.02. The second kappa shape index (κ2) is 8.96. The highest BCUT2D eigenvalue weighted by atomic mass is 35.5. The van der Waals surface area contributed by atoms with Gasteiger partial charge in [0.15, 0.2) is 0 Å². The average molecular weight is 415 g/mol. The molecule has 0 bridgehead atoms. The summed E-state index contributed by atoms with van der Waals surface area (Å²) >= 11 is 6.05. The Hall–Kier alpha value is -3.06. The second-order valence-corrected chi connectivity index (χ2v) is 7.15. The number of aryl methyl sites for hydroxylation is 1. The summed E-state index contributed by atoms with van der Waals surface area (Å²) in [5, 5.41) is 5.84. The van der Waals surface area contributed by atoms with Gasteiger partial charge in [0.1, 0.15) is 6.54 Å². The number of amides is 2. The monoisotopic (exact) mass is 414 g/mol. The van der Waals surface area contributed by atoms with E-state index in [0.717, 1.165) is 17.5 Å². The zero-order chi connectivity index (χ0) is 21.0. The standard InChI is InChI=1S/C21H23ClN4O3/c1-3-11-25-17-9-4-5-10-18(17)26(21(25)29)13-20(28)23-12-19(27)24-16-8-6-7-15(22)14(16)2/h4-10H,3,11-13H2,1-2H3,(H,23,28)(H,24,27). The zero-order valence-corrected chi connectivity index (χ0v) is 17.1. The van der Waals surface area contributed by atoms with Gasteiger partial charge in [-0.05, 0) is 43.2 Å². The molecule has 2 amide bonds. The maximum absolute atomic E-state index is 12.7. The van der Waals surface area contributed by atoms with Crippen LogP contribution in [-0.2, 0) is 22.7 Å². The summed E-state index contributed by atoms with van der Waals surface area (Å²) in [7, 11) is 0. The number of imidazole rings is 1. The van der Waals surface area contributed by atoms with Crippen molar-refractivity contribution in [1.29, 1.82) is 0 Å². The lowest BCUT2D eigenvalue weighted by atomic mass is 10.2. The average Bonchev–Trinajstić information content (AvgIpc) is 2.96. The number of nitrogens with zero attached hydrogens (tertiary/aromatic N) is 2. The number of fused-ring (bicyclic) bond motifs is 1. The second-order valence-electron chi connectivity index (χ2n) is 6.75. The number of para-hydroxylation sites is 2. The summed E-state index contributed by atoms with van der Waals surface area (Å²) in [6, 6.07) is 12.6. The van der Waals surface area contributed by atoms with Crippen molar-refractivity contribution < 1.29 is 9.59 Å². The van der Waals surface area contributed by atoms with Crippen LogP contribution in [0.4, 0.5) is 5.69 Å². The van der Waals surface area contributed by atoms with Crippen LogP contribution in [0.1, 0.15) is 18.9 Å². The first-order valence-electron chi connectivity index (χ1n) is 9.42. The van der Waals surface area contributed by atoms with E-state index in [9.17, 15) is 14.4 Å². The Labute approximate surface area is 173 Å². The maximum Gasteiger partial charge on any atom is 0.329 e. The fourth-order valence-corrected chi connectivity index (χ4v) is 3.36. The Balaban J connectivity index is 1.67. The third-order valence-corrected chi connectivity index (χ3v) is 5.07. The number of anilines is 1. The van der Waals surface area contributed by atoms with E-state index in [4.69, 9.17) is 11.6 Å². The summed E-state index contributed by atoms with van der Waals surface area (Å²) in [5.74, 6) is -0.783. The van der Waals surface area contributed by atoms with Crippen LogP contribution in [0.15, 0.2) is 47.3 Å². The first-order valence-corrected chi connectivity index (χ1v) is 9.80. The van der Waals surface area contributed by atoms with E-state index in [2.05, 4.69) is 10.6 Å². The molecular formula is C21H23ClN4O3. The third-order valence-electron chi connectivity index (χ3n) is 4.66. The van der Waals surface area contributed by atoms with Gasteiger partial charge in [0.25, 0.3) is 0 Å². The first kappa shape index (κ1) is 20.7. The van der Waals surface area contributed by atoms with E-state index >= 15 is 0 Å². The molecule has 0 aliphatic carbocycles. The van der Waals surface area contributed by atoms with Gasteiger partial charge in [-0.25, -0.2) is 4.79 Å². The third kappa shape index (κ3) is 4.51. The van der Waals surface area contributed by atoms with Crippen molar-refractivity contribution in [3.05, 3.63) is 63.5 Å². The van der Waals surface area contributed by atoms with E-state index in [0.29, 0.717) is 22.8 Å². The number of carbonyl (C=O) groups is 2. The van der Waals surface area contributed by atoms with Gasteiger partial charge in [-0.2, -0.15) is 0 Å². The quantitative estimate of drug-likeness (QED) is 0.623. The molecule has 29 heavy (non-hydrogen) atoms. The van der Waals surface area contributed by atoms with E-state index in [-0.39, 0.29) is 24.7 Å². The molecule has 3 aromatic rings. The lowest BCUT2D eigenvalue weighted by Gasteiger charge is -2.10. The lowest BCUT2D eigenvalue weighted by Crippen LogP contribution is -2.37. The molecule has 0 saturated heterocycles. The van der Waals surface area contributed by atoms with Crippen molar-refractivity contribution in [1.82, 2.24) is 14.5 Å². The highest BCUT2D eigenvalue weighted by Gasteiger charge is 2.15. The van der Waals surface area contributed by atoms with Crippen LogP contribution in [-0.4, -0.2) is 27.5 Å². The Morgan fingerprint density at radius 3 is 2.38 bits per heavy atom. The van der Waals surface area contributed by atoms with E-state index < -0.39 is 5.91 Å².